The van der Waals surface area contributed by atoms with Gasteiger partial charge in [-0.15, -0.1) is 10.2 Å². The normalized spacial score (nSPS) is 20.2. The van der Waals surface area contributed by atoms with Gasteiger partial charge in [0.25, 0.3) is 0 Å². The number of hydrogen-bond acceptors (Lipinski definition) is 4. The lowest BCUT2D eigenvalue weighted by atomic mass is 9.92. The molecule has 0 aliphatic carbocycles. The van der Waals surface area contributed by atoms with Crippen molar-refractivity contribution in [2.45, 2.75) is 104 Å². The Balaban J connectivity index is 0.00000408. The summed E-state index contributed by atoms with van der Waals surface area (Å²) >= 11 is 0. The molecule has 6 heteroatoms. The Hall–Kier alpha value is -2.21. The highest BCUT2D eigenvalue weighted by molar-refractivity contribution is 5.76. The van der Waals surface area contributed by atoms with Crippen LogP contribution in [0, 0.1) is 6.92 Å². The number of hydrogen-bond donors (Lipinski definition) is 1. The fourth-order valence-electron chi connectivity index (χ4n) is 5.27. The van der Waals surface area contributed by atoms with E-state index in [1.165, 1.54) is 18.4 Å². The summed E-state index contributed by atoms with van der Waals surface area (Å²) in [6.07, 6.45) is 7.05. The van der Waals surface area contributed by atoms with Gasteiger partial charge in [0.2, 0.25) is 5.91 Å². The number of amides is 1. The summed E-state index contributed by atoms with van der Waals surface area (Å²) in [4.78, 5) is 15.1. The van der Waals surface area contributed by atoms with Crippen molar-refractivity contribution in [1.29, 1.82) is 0 Å². The fraction of sp³-hybridized carbons (Fsp3) is 0.667. The molecule has 184 valence electrons. The lowest BCUT2D eigenvalue weighted by Gasteiger charge is -2.41. The maximum atomic E-state index is 12.4. The summed E-state index contributed by atoms with van der Waals surface area (Å²) < 4.78 is 2.41. The molecule has 1 aliphatic rings. The molecule has 6 nitrogen and oxygen atoms in total. The van der Waals surface area contributed by atoms with E-state index in [0.29, 0.717) is 24.4 Å². The Bertz CT molecular complexity index is 869. The highest BCUT2D eigenvalue weighted by Gasteiger charge is 2.31. The van der Waals surface area contributed by atoms with Crippen molar-refractivity contribution in [3.8, 4) is 0 Å². The predicted molar refractivity (Wildman–Crippen MR) is 136 cm³/mol. The number of carbonyl (C=O) groups excluding carboxylic acids is 1. The van der Waals surface area contributed by atoms with E-state index in [1.54, 1.807) is 0 Å². The zero-order valence-electron chi connectivity index (χ0n) is 21.3. The Labute approximate surface area is 201 Å². The Morgan fingerprint density at radius 2 is 1.94 bits per heavy atom. The van der Waals surface area contributed by atoms with Crippen molar-refractivity contribution in [1.82, 2.24) is 25.0 Å². The van der Waals surface area contributed by atoms with E-state index in [2.05, 4.69) is 83.9 Å². The lowest BCUT2D eigenvalue weighted by molar-refractivity contribution is -0.122. The van der Waals surface area contributed by atoms with Gasteiger partial charge in [0.1, 0.15) is 11.6 Å². The molecule has 1 aliphatic heterocycles. The van der Waals surface area contributed by atoms with Gasteiger partial charge >= 0.3 is 0 Å². The van der Waals surface area contributed by atoms with Crippen molar-refractivity contribution in [3.63, 3.8) is 0 Å². The first-order chi connectivity index (χ1) is 15.9. The lowest BCUT2D eigenvalue weighted by Crippen LogP contribution is -2.44. The largest absolute Gasteiger partial charge is 0.349 e. The molecule has 0 unspecified atom stereocenters. The van der Waals surface area contributed by atoms with Crippen LogP contribution >= 0.6 is 0 Å². The number of aromatic nitrogens is 3. The van der Waals surface area contributed by atoms with Crippen molar-refractivity contribution in [3.05, 3.63) is 47.5 Å². The third-order valence-corrected chi connectivity index (χ3v) is 6.93. The molecule has 0 bridgehead atoms. The third-order valence-electron chi connectivity index (χ3n) is 6.93. The van der Waals surface area contributed by atoms with E-state index in [0.717, 1.165) is 50.4 Å². The second-order valence-electron chi connectivity index (χ2n) is 9.86. The van der Waals surface area contributed by atoms with Gasteiger partial charge in [0.15, 0.2) is 0 Å². The van der Waals surface area contributed by atoms with Gasteiger partial charge in [-0.25, -0.2) is 0 Å². The van der Waals surface area contributed by atoms with Crippen LogP contribution in [0.2, 0.25) is 0 Å². The first-order valence-corrected chi connectivity index (χ1v) is 12.9. The van der Waals surface area contributed by atoms with Crippen LogP contribution in [0.4, 0.5) is 0 Å². The van der Waals surface area contributed by atoms with Gasteiger partial charge in [-0.2, -0.15) is 0 Å². The molecule has 3 rings (SSSR count). The number of rotatable bonds is 11. The molecule has 1 N–H and O–H groups in total. The quantitative estimate of drug-likeness (QED) is 0.464. The summed E-state index contributed by atoms with van der Waals surface area (Å²) in [5.74, 6) is 2.69. The molecular formula is C27H45N5O. The standard InChI is InChI=1S/C27H43N5O.H2/c1-6-11-23-19-24(32-21(5)29-30-27(32)20(3)4)15-17-31(23)18-16-25(28-26(33)12-7-2)22-13-9-8-10-14-22;/h8-10,13-14,20,23-25H,6-7,11-12,15-19H2,1-5H3,(H,28,33);1H/t23-,24+,25-;/m0./s1. The number of aryl methyl sites for hydroxylation is 1. The van der Waals surface area contributed by atoms with E-state index < -0.39 is 0 Å². The summed E-state index contributed by atoms with van der Waals surface area (Å²) in [6, 6.07) is 11.5. The molecular weight excluding hydrogens is 410 g/mol. The molecule has 1 amide bonds. The Morgan fingerprint density at radius 3 is 2.61 bits per heavy atom. The maximum Gasteiger partial charge on any atom is 0.220 e. The summed E-state index contributed by atoms with van der Waals surface area (Å²) in [7, 11) is 0. The molecule has 3 atom stereocenters. The van der Waals surface area contributed by atoms with Gasteiger partial charge in [0, 0.05) is 38.9 Å². The van der Waals surface area contributed by atoms with Gasteiger partial charge in [-0.3, -0.25) is 4.79 Å². The smallest absolute Gasteiger partial charge is 0.220 e. The molecule has 2 aromatic rings. The van der Waals surface area contributed by atoms with E-state index in [1.807, 2.05) is 6.07 Å². The van der Waals surface area contributed by atoms with E-state index >= 15 is 0 Å². The average molecular weight is 456 g/mol. The minimum atomic E-state index is 0. The van der Waals surface area contributed by atoms with Crippen LogP contribution in [0.5, 0.6) is 0 Å². The van der Waals surface area contributed by atoms with E-state index in [-0.39, 0.29) is 13.4 Å². The van der Waals surface area contributed by atoms with Crippen molar-refractivity contribution in [2.75, 3.05) is 13.1 Å². The molecule has 1 aromatic heterocycles. The highest BCUT2D eigenvalue weighted by atomic mass is 16.1. The summed E-state index contributed by atoms with van der Waals surface area (Å²) in [5, 5.41) is 12.2. The van der Waals surface area contributed by atoms with Crippen LogP contribution in [-0.2, 0) is 4.79 Å². The second kappa shape index (κ2) is 12.3. The van der Waals surface area contributed by atoms with Crippen molar-refractivity contribution < 1.29 is 6.22 Å². The second-order valence-corrected chi connectivity index (χ2v) is 9.86. The fourth-order valence-corrected chi connectivity index (χ4v) is 5.27. The molecule has 1 saturated heterocycles. The minimum absolute atomic E-state index is 0. The number of benzene rings is 1. The van der Waals surface area contributed by atoms with Crippen LogP contribution in [0.15, 0.2) is 30.3 Å². The molecule has 0 spiro atoms. The monoisotopic (exact) mass is 455 g/mol. The zero-order chi connectivity index (χ0) is 23.8. The topological polar surface area (TPSA) is 63.1 Å². The van der Waals surface area contributed by atoms with Gasteiger partial charge in [-0.05, 0) is 44.6 Å². The molecule has 0 saturated carbocycles. The van der Waals surface area contributed by atoms with E-state index in [4.69, 9.17) is 0 Å². The Morgan fingerprint density at radius 1 is 1.18 bits per heavy atom. The average Bonchev–Trinajstić information content (AvgIpc) is 3.20. The number of likely N-dealkylation sites (tertiary alicyclic amines) is 1. The SMILES string of the molecule is CCCC(=O)N[C@@H](CCN1CC[C@@H](n2c(C)nnc2C(C)C)C[C@@H]1CCC)c1ccccc1.[HH]. The third kappa shape index (κ3) is 6.66. The number of carbonyl (C=O) groups is 1. The van der Waals surface area contributed by atoms with Gasteiger partial charge in [-0.1, -0.05) is 64.4 Å². The molecule has 1 aromatic carbocycles. The summed E-state index contributed by atoms with van der Waals surface area (Å²) in [5.41, 5.74) is 1.20. The van der Waals surface area contributed by atoms with E-state index in [9.17, 15) is 4.79 Å². The van der Waals surface area contributed by atoms with Crippen molar-refractivity contribution >= 4 is 5.91 Å². The van der Waals surface area contributed by atoms with Crippen LogP contribution in [0.3, 0.4) is 0 Å². The minimum Gasteiger partial charge on any atom is -0.349 e. The molecule has 2 heterocycles. The number of nitrogens with one attached hydrogen (secondary N) is 1. The van der Waals surface area contributed by atoms with Crippen LogP contribution in [0.25, 0.3) is 0 Å². The molecule has 33 heavy (non-hydrogen) atoms. The molecule has 0 radical (unpaired) electrons. The van der Waals surface area contributed by atoms with Gasteiger partial charge in [0.05, 0.1) is 6.04 Å². The van der Waals surface area contributed by atoms with Crippen LogP contribution in [-0.4, -0.2) is 44.7 Å². The highest BCUT2D eigenvalue weighted by Crippen LogP contribution is 2.33. The van der Waals surface area contributed by atoms with Crippen LogP contribution < -0.4 is 5.32 Å². The predicted octanol–water partition coefficient (Wildman–Crippen LogP) is 5.81. The van der Waals surface area contributed by atoms with Gasteiger partial charge < -0.3 is 14.8 Å². The number of nitrogens with zero attached hydrogens (tertiary/aromatic N) is 4. The first-order valence-electron chi connectivity index (χ1n) is 12.9. The van der Waals surface area contributed by atoms with Crippen molar-refractivity contribution in [2.24, 2.45) is 0 Å². The Kier molecular flexibility index (Phi) is 9.48. The maximum absolute atomic E-state index is 12.4. The van der Waals surface area contributed by atoms with Crippen LogP contribution in [0.1, 0.15) is 109 Å². The zero-order valence-corrected chi connectivity index (χ0v) is 21.3. The number of piperidine rings is 1. The first kappa shape index (κ1) is 25.4. The summed E-state index contributed by atoms with van der Waals surface area (Å²) in [6.45, 7) is 12.9. The molecule has 1 fully saturated rings.